The van der Waals surface area contributed by atoms with E-state index in [-0.39, 0.29) is 6.04 Å². The number of halogens is 1. The average molecular weight is 145 g/mol. The van der Waals surface area contributed by atoms with Crippen LogP contribution in [-0.2, 0) is 0 Å². The Hall–Kier alpha value is -0.400. The van der Waals surface area contributed by atoms with Crippen molar-refractivity contribution in [3.05, 3.63) is 0 Å². The van der Waals surface area contributed by atoms with Gasteiger partial charge in [0.1, 0.15) is 5.67 Å². The summed E-state index contributed by atoms with van der Waals surface area (Å²) in [6, 6.07) is 0.190. The highest BCUT2D eigenvalue weighted by atomic mass is 19.1. The summed E-state index contributed by atoms with van der Waals surface area (Å²) < 4.78 is 12.8. The molecule has 0 aromatic rings. The maximum atomic E-state index is 12.8. The second kappa shape index (κ2) is 3.69. The minimum Gasteiger partial charge on any atom is -0.298 e. The molecule has 0 aliphatic rings. The SMILES string of the molecule is C=NC(C)CCC(C)(C)F. The number of hydrogen-bond acceptors (Lipinski definition) is 1. The molecule has 0 saturated heterocycles. The van der Waals surface area contributed by atoms with E-state index in [2.05, 4.69) is 11.7 Å². The standard InChI is InChI=1S/C8H16FN/c1-7(10-4)5-6-8(2,3)9/h7H,4-6H2,1-3H3. The van der Waals surface area contributed by atoms with Crippen LogP contribution in [0.4, 0.5) is 4.39 Å². The fraction of sp³-hybridized carbons (Fsp3) is 0.875. The van der Waals surface area contributed by atoms with Crippen molar-refractivity contribution in [1.82, 2.24) is 0 Å². The summed E-state index contributed by atoms with van der Waals surface area (Å²) in [5, 5.41) is 0. The molecular formula is C8H16FN. The van der Waals surface area contributed by atoms with Crippen LogP contribution in [0, 0.1) is 0 Å². The molecule has 0 amide bonds. The summed E-state index contributed by atoms with van der Waals surface area (Å²) >= 11 is 0. The smallest absolute Gasteiger partial charge is 0.105 e. The quantitative estimate of drug-likeness (QED) is 0.539. The molecule has 0 aromatic carbocycles. The predicted octanol–water partition coefficient (Wildman–Crippen LogP) is 2.60. The largest absolute Gasteiger partial charge is 0.298 e. The fourth-order valence-electron chi connectivity index (χ4n) is 0.643. The Morgan fingerprint density at radius 1 is 1.60 bits per heavy atom. The van der Waals surface area contributed by atoms with Gasteiger partial charge in [-0.15, -0.1) is 0 Å². The summed E-state index contributed by atoms with van der Waals surface area (Å²) in [6.07, 6.45) is 1.35. The number of nitrogens with zero attached hydrogens (tertiary/aromatic N) is 1. The lowest BCUT2D eigenvalue weighted by Gasteiger charge is -2.14. The molecule has 0 radical (unpaired) electrons. The zero-order valence-electron chi connectivity index (χ0n) is 7.02. The zero-order chi connectivity index (χ0) is 8.20. The summed E-state index contributed by atoms with van der Waals surface area (Å²) in [7, 11) is 0. The molecule has 0 aromatic heterocycles. The third kappa shape index (κ3) is 5.73. The summed E-state index contributed by atoms with van der Waals surface area (Å²) in [5.41, 5.74) is -1.06. The van der Waals surface area contributed by atoms with Gasteiger partial charge in [0.25, 0.3) is 0 Å². The lowest BCUT2D eigenvalue weighted by Crippen LogP contribution is -2.14. The lowest BCUT2D eigenvalue weighted by atomic mass is 10.0. The van der Waals surface area contributed by atoms with Crippen LogP contribution in [0.15, 0.2) is 4.99 Å². The van der Waals surface area contributed by atoms with Gasteiger partial charge in [-0.25, -0.2) is 4.39 Å². The lowest BCUT2D eigenvalue weighted by molar-refractivity contribution is 0.194. The van der Waals surface area contributed by atoms with Crippen LogP contribution in [0.25, 0.3) is 0 Å². The second-order valence-corrected chi connectivity index (χ2v) is 3.29. The van der Waals surface area contributed by atoms with Crippen molar-refractivity contribution in [3.63, 3.8) is 0 Å². The van der Waals surface area contributed by atoms with Crippen LogP contribution in [0.5, 0.6) is 0 Å². The summed E-state index contributed by atoms with van der Waals surface area (Å²) in [6.45, 7) is 8.50. The molecule has 2 heteroatoms. The monoisotopic (exact) mass is 145 g/mol. The van der Waals surface area contributed by atoms with Gasteiger partial charge in [-0.3, -0.25) is 4.99 Å². The molecule has 60 valence electrons. The number of alkyl halides is 1. The van der Waals surface area contributed by atoms with Crippen LogP contribution < -0.4 is 0 Å². The molecule has 10 heavy (non-hydrogen) atoms. The van der Waals surface area contributed by atoms with E-state index in [9.17, 15) is 4.39 Å². The molecule has 1 atom stereocenters. The average Bonchev–Trinajstić information content (AvgIpc) is 1.81. The number of hydrogen-bond donors (Lipinski definition) is 0. The van der Waals surface area contributed by atoms with Crippen LogP contribution >= 0.6 is 0 Å². The third-order valence-corrected chi connectivity index (χ3v) is 1.47. The molecule has 0 spiro atoms. The van der Waals surface area contributed by atoms with Gasteiger partial charge in [-0.2, -0.15) is 0 Å². The first kappa shape index (κ1) is 9.60. The van der Waals surface area contributed by atoms with Crippen molar-refractivity contribution in [3.8, 4) is 0 Å². The fourth-order valence-corrected chi connectivity index (χ4v) is 0.643. The van der Waals surface area contributed by atoms with Gasteiger partial charge in [0.05, 0.1) is 0 Å². The Labute approximate surface area is 62.4 Å². The summed E-state index contributed by atoms with van der Waals surface area (Å²) in [5.74, 6) is 0. The minimum atomic E-state index is -1.06. The topological polar surface area (TPSA) is 12.4 Å². The molecule has 0 fully saturated rings. The van der Waals surface area contributed by atoms with Gasteiger partial charge in [0, 0.05) is 6.04 Å². The number of aliphatic imine (C=N–C) groups is 1. The van der Waals surface area contributed by atoms with E-state index in [1.54, 1.807) is 13.8 Å². The molecule has 0 N–H and O–H groups in total. The Balaban J connectivity index is 3.45. The highest BCUT2D eigenvalue weighted by molar-refractivity contribution is 5.23. The Kier molecular flexibility index (Phi) is 3.54. The molecular weight excluding hydrogens is 129 g/mol. The van der Waals surface area contributed by atoms with Crippen molar-refractivity contribution in [1.29, 1.82) is 0 Å². The maximum absolute atomic E-state index is 12.8. The van der Waals surface area contributed by atoms with E-state index < -0.39 is 5.67 Å². The first-order valence-corrected chi connectivity index (χ1v) is 3.60. The van der Waals surface area contributed by atoms with Gasteiger partial charge < -0.3 is 0 Å². The van der Waals surface area contributed by atoms with E-state index in [1.807, 2.05) is 6.92 Å². The molecule has 0 rings (SSSR count). The van der Waals surface area contributed by atoms with Crippen LogP contribution in [0.1, 0.15) is 33.6 Å². The molecule has 0 bridgehead atoms. The Morgan fingerprint density at radius 2 is 2.10 bits per heavy atom. The highest BCUT2D eigenvalue weighted by Gasteiger charge is 2.15. The van der Waals surface area contributed by atoms with E-state index in [0.29, 0.717) is 6.42 Å². The van der Waals surface area contributed by atoms with Gasteiger partial charge in [0.15, 0.2) is 0 Å². The first-order chi connectivity index (χ1) is 4.45. The molecule has 0 aliphatic heterocycles. The molecule has 0 heterocycles. The zero-order valence-corrected chi connectivity index (χ0v) is 7.02. The molecule has 0 saturated carbocycles. The van der Waals surface area contributed by atoms with Crippen molar-refractivity contribution in [2.24, 2.45) is 4.99 Å². The van der Waals surface area contributed by atoms with Crippen molar-refractivity contribution in [2.75, 3.05) is 0 Å². The van der Waals surface area contributed by atoms with E-state index in [1.165, 1.54) is 0 Å². The molecule has 0 aliphatic carbocycles. The van der Waals surface area contributed by atoms with Crippen molar-refractivity contribution >= 4 is 6.72 Å². The van der Waals surface area contributed by atoms with Gasteiger partial charge in [-0.05, 0) is 40.3 Å². The van der Waals surface area contributed by atoms with Crippen molar-refractivity contribution < 1.29 is 4.39 Å². The van der Waals surface area contributed by atoms with Gasteiger partial charge in [-0.1, -0.05) is 0 Å². The maximum Gasteiger partial charge on any atom is 0.105 e. The summed E-state index contributed by atoms with van der Waals surface area (Å²) in [4.78, 5) is 3.77. The van der Waals surface area contributed by atoms with E-state index in [0.717, 1.165) is 6.42 Å². The normalized spacial score (nSPS) is 14.8. The molecule has 1 nitrogen and oxygen atoms in total. The van der Waals surface area contributed by atoms with E-state index >= 15 is 0 Å². The Morgan fingerprint density at radius 3 is 2.40 bits per heavy atom. The second-order valence-electron chi connectivity index (χ2n) is 3.29. The van der Waals surface area contributed by atoms with E-state index in [4.69, 9.17) is 0 Å². The number of rotatable bonds is 4. The highest BCUT2D eigenvalue weighted by Crippen LogP contribution is 2.17. The van der Waals surface area contributed by atoms with Crippen LogP contribution in [-0.4, -0.2) is 18.4 Å². The Bertz CT molecular complexity index is 104. The first-order valence-electron chi connectivity index (χ1n) is 3.60. The molecule has 1 unspecified atom stereocenters. The predicted molar refractivity (Wildman–Crippen MR) is 43.4 cm³/mol. The van der Waals surface area contributed by atoms with Crippen LogP contribution in [0.2, 0.25) is 0 Å². The third-order valence-electron chi connectivity index (χ3n) is 1.47. The van der Waals surface area contributed by atoms with Crippen molar-refractivity contribution in [2.45, 2.75) is 45.3 Å². The van der Waals surface area contributed by atoms with Gasteiger partial charge >= 0.3 is 0 Å². The van der Waals surface area contributed by atoms with Crippen LogP contribution in [0.3, 0.4) is 0 Å². The van der Waals surface area contributed by atoms with Gasteiger partial charge in [0.2, 0.25) is 0 Å². The minimum absolute atomic E-state index is 0.190.